The van der Waals surface area contributed by atoms with Crippen molar-refractivity contribution in [3.63, 3.8) is 0 Å². The molecule has 2 heterocycles. The number of hydrogen-bond donors (Lipinski definition) is 0. The van der Waals surface area contributed by atoms with Gasteiger partial charge in [-0.1, -0.05) is 6.07 Å². The van der Waals surface area contributed by atoms with E-state index >= 15 is 0 Å². The molecule has 0 bridgehead atoms. The molecule has 0 amide bonds. The van der Waals surface area contributed by atoms with Crippen LogP contribution in [0, 0.1) is 39.0 Å². The Bertz CT molecular complexity index is 1010. The van der Waals surface area contributed by atoms with Crippen molar-refractivity contribution in [1.29, 1.82) is 5.26 Å². The lowest BCUT2D eigenvalue weighted by Gasteiger charge is -2.11. The molecule has 4 heteroatoms. The van der Waals surface area contributed by atoms with E-state index in [2.05, 4.69) is 11.1 Å². The fourth-order valence-corrected chi connectivity index (χ4v) is 2.90. The van der Waals surface area contributed by atoms with Crippen LogP contribution in [0.1, 0.15) is 27.9 Å². The Morgan fingerprint density at radius 3 is 2.48 bits per heavy atom. The van der Waals surface area contributed by atoms with Crippen molar-refractivity contribution in [1.82, 2.24) is 9.38 Å². The van der Waals surface area contributed by atoms with E-state index in [9.17, 15) is 10.1 Å². The highest BCUT2D eigenvalue weighted by Crippen LogP contribution is 2.20. The zero-order chi connectivity index (χ0) is 15.3. The van der Waals surface area contributed by atoms with Crippen LogP contribution in [0.2, 0.25) is 0 Å². The Morgan fingerprint density at radius 2 is 1.81 bits per heavy atom. The summed E-state index contributed by atoms with van der Waals surface area (Å²) in [5.41, 5.74) is 5.07. The number of aryl methyl sites for hydroxylation is 4. The molecule has 0 fully saturated rings. The van der Waals surface area contributed by atoms with Gasteiger partial charge in [0.05, 0.1) is 16.5 Å². The summed E-state index contributed by atoms with van der Waals surface area (Å²) in [6.07, 6.45) is 0. The molecular weight excluding hydrogens is 262 g/mol. The molecule has 0 spiro atoms. The normalized spacial score (nSPS) is 11.0. The zero-order valence-corrected chi connectivity index (χ0v) is 12.5. The monoisotopic (exact) mass is 277 g/mol. The molecule has 1 aromatic carbocycles. The van der Waals surface area contributed by atoms with Crippen molar-refractivity contribution in [3.8, 4) is 6.07 Å². The fourth-order valence-electron chi connectivity index (χ4n) is 2.90. The van der Waals surface area contributed by atoms with Crippen LogP contribution in [0.5, 0.6) is 0 Å². The average Bonchev–Trinajstić information content (AvgIpc) is 2.40. The van der Waals surface area contributed by atoms with Crippen LogP contribution in [-0.2, 0) is 0 Å². The highest BCUT2D eigenvalue weighted by molar-refractivity contribution is 5.84. The van der Waals surface area contributed by atoms with Gasteiger partial charge >= 0.3 is 0 Å². The first-order valence-corrected chi connectivity index (χ1v) is 6.78. The van der Waals surface area contributed by atoms with Crippen LogP contribution in [0.3, 0.4) is 0 Å². The minimum atomic E-state index is -0.115. The first kappa shape index (κ1) is 13.3. The summed E-state index contributed by atoms with van der Waals surface area (Å²) >= 11 is 0. The van der Waals surface area contributed by atoms with Crippen molar-refractivity contribution >= 4 is 16.6 Å². The molecule has 104 valence electrons. The van der Waals surface area contributed by atoms with E-state index in [0.717, 1.165) is 22.4 Å². The van der Waals surface area contributed by atoms with Crippen molar-refractivity contribution < 1.29 is 0 Å². The standard InChI is InChI=1S/C17H15N3O/c1-9-5-11(3)15-13(6-9)17(21)20-12(4)7-10(2)14(8-18)16(20)19-15/h5-7H,1-4H3. The summed E-state index contributed by atoms with van der Waals surface area (Å²) in [6.45, 7) is 7.62. The van der Waals surface area contributed by atoms with Gasteiger partial charge in [-0.2, -0.15) is 5.26 Å². The molecular formula is C17H15N3O. The van der Waals surface area contributed by atoms with E-state index in [1.165, 1.54) is 4.40 Å². The molecule has 0 N–H and O–H groups in total. The van der Waals surface area contributed by atoms with Gasteiger partial charge in [0, 0.05) is 5.69 Å². The molecule has 0 aliphatic carbocycles. The summed E-state index contributed by atoms with van der Waals surface area (Å²) in [7, 11) is 0. The van der Waals surface area contributed by atoms with Gasteiger partial charge in [-0.25, -0.2) is 4.98 Å². The molecule has 3 aromatic rings. The Balaban J connectivity index is 2.71. The van der Waals surface area contributed by atoms with Crippen LogP contribution < -0.4 is 5.56 Å². The molecule has 2 aromatic heterocycles. The van der Waals surface area contributed by atoms with Gasteiger partial charge in [0.1, 0.15) is 6.07 Å². The van der Waals surface area contributed by atoms with Crippen molar-refractivity contribution in [2.45, 2.75) is 27.7 Å². The minimum Gasteiger partial charge on any atom is -0.268 e. The van der Waals surface area contributed by atoms with Gasteiger partial charge < -0.3 is 0 Å². The van der Waals surface area contributed by atoms with Crippen molar-refractivity contribution in [3.05, 3.63) is 56.5 Å². The highest BCUT2D eigenvalue weighted by Gasteiger charge is 2.14. The maximum atomic E-state index is 12.8. The molecule has 0 aliphatic heterocycles. The lowest BCUT2D eigenvalue weighted by molar-refractivity contribution is 0.999. The number of aromatic nitrogens is 2. The molecule has 4 nitrogen and oxygen atoms in total. The number of nitrogens with zero attached hydrogens (tertiary/aromatic N) is 3. The van der Waals surface area contributed by atoms with Gasteiger partial charge in [-0.05, 0) is 56.5 Å². The quantitative estimate of drug-likeness (QED) is 0.594. The van der Waals surface area contributed by atoms with Crippen molar-refractivity contribution in [2.24, 2.45) is 0 Å². The predicted octanol–water partition coefficient (Wildman–Crippen LogP) is 2.95. The number of rotatable bonds is 0. The second kappa shape index (κ2) is 4.42. The lowest BCUT2D eigenvalue weighted by atomic mass is 10.1. The third-order valence-corrected chi connectivity index (χ3v) is 3.82. The third-order valence-electron chi connectivity index (χ3n) is 3.82. The maximum Gasteiger partial charge on any atom is 0.266 e. The van der Waals surface area contributed by atoms with E-state index < -0.39 is 0 Å². The number of hydrogen-bond acceptors (Lipinski definition) is 3. The van der Waals surface area contributed by atoms with Crippen LogP contribution in [0.25, 0.3) is 16.6 Å². The lowest BCUT2D eigenvalue weighted by Crippen LogP contribution is -2.19. The van der Waals surface area contributed by atoms with Gasteiger partial charge in [0.25, 0.3) is 5.56 Å². The average molecular weight is 277 g/mol. The van der Waals surface area contributed by atoms with Gasteiger partial charge in [-0.15, -0.1) is 0 Å². The Hall–Kier alpha value is -2.67. The van der Waals surface area contributed by atoms with E-state index in [-0.39, 0.29) is 5.56 Å². The maximum absolute atomic E-state index is 12.8. The number of pyridine rings is 1. The molecule has 0 radical (unpaired) electrons. The highest BCUT2D eigenvalue weighted by atomic mass is 16.1. The minimum absolute atomic E-state index is 0.115. The Kier molecular flexibility index (Phi) is 2.80. The summed E-state index contributed by atoms with van der Waals surface area (Å²) in [6, 6.07) is 7.87. The van der Waals surface area contributed by atoms with Crippen LogP contribution in [-0.4, -0.2) is 9.38 Å². The third kappa shape index (κ3) is 1.82. The Morgan fingerprint density at radius 1 is 1.10 bits per heavy atom. The fraction of sp³-hybridized carbons (Fsp3) is 0.235. The number of fused-ring (bicyclic) bond motifs is 2. The Labute approximate surface area is 122 Å². The summed E-state index contributed by atoms with van der Waals surface area (Å²) in [5, 5.41) is 9.98. The van der Waals surface area contributed by atoms with Gasteiger partial charge in [-0.3, -0.25) is 9.20 Å². The topological polar surface area (TPSA) is 58.2 Å². The van der Waals surface area contributed by atoms with Crippen LogP contribution >= 0.6 is 0 Å². The van der Waals surface area contributed by atoms with Crippen LogP contribution in [0.4, 0.5) is 0 Å². The summed E-state index contributed by atoms with van der Waals surface area (Å²) in [4.78, 5) is 17.4. The molecule has 21 heavy (non-hydrogen) atoms. The van der Waals surface area contributed by atoms with E-state index in [4.69, 9.17) is 0 Å². The first-order valence-electron chi connectivity index (χ1n) is 6.78. The molecule has 0 aliphatic rings. The summed E-state index contributed by atoms with van der Waals surface area (Å²) in [5.74, 6) is 0. The molecule has 0 atom stereocenters. The molecule has 0 saturated carbocycles. The van der Waals surface area contributed by atoms with E-state index in [1.807, 2.05) is 45.9 Å². The first-order chi connectivity index (χ1) is 9.93. The smallest absolute Gasteiger partial charge is 0.266 e. The predicted molar refractivity (Wildman–Crippen MR) is 82.6 cm³/mol. The number of nitriles is 1. The molecule has 3 rings (SSSR count). The zero-order valence-electron chi connectivity index (χ0n) is 12.5. The molecule has 0 unspecified atom stereocenters. The second-order valence-corrected chi connectivity index (χ2v) is 5.51. The van der Waals surface area contributed by atoms with Crippen molar-refractivity contribution in [2.75, 3.05) is 0 Å². The molecule has 0 saturated heterocycles. The van der Waals surface area contributed by atoms with E-state index in [1.54, 1.807) is 0 Å². The SMILES string of the molecule is Cc1cc(C)c2nc3c(C#N)c(C)cc(C)n3c(=O)c2c1. The van der Waals surface area contributed by atoms with E-state index in [0.29, 0.717) is 22.1 Å². The van der Waals surface area contributed by atoms with Gasteiger partial charge in [0.15, 0.2) is 5.65 Å². The number of benzene rings is 1. The van der Waals surface area contributed by atoms with Gasteiger partial charge in [0.2, 0.25) is 0 Å². The second-order valence-electron chi connectivity index (χ2n) is 5.51. The van der Waals surface area contributed by atoms with Crippen LogP contribution in [0.15, 0.2) is 23.0 Å². The largest absolute Gasteiger partial charge is 0.268 e. The summed E-state index contributed by atoms with van der Waals surface area (Å²) < 4.78 is 1.53.